The van der Waals surface area contributed by atoms with Gasteiger partial charge < -0.3 is 20.3 Å². The van der Waals surface area contributed by atoms with Crippen LogP contribution in [0.3, 0.4) is 0 Å². The number of amides is 2. The van der Waals surface area contributed by atoms with Gasteiger partial charge in [0.15, 0.2) is 12.0 Å². The van der Waals surface area contributed by atoms with Crippen LogP contribution in [0.25, 0.3) is 10.9 Å². The predicted octanol–water partition coefficient (Wildman–Crippen LogP) is 5.31. The third kappa shape index (κ3) is 5.53. The van der Waals surface area contributed by atoms with Gasteiger partial charge in [-0.1, -0.05) is 24.3 Å². The minimum absolute atomic E-state index is 0.358. The Balaban J connectivity index is 1.38. The first-order chi connectivity index (χ1) is 18.0. The second-order valence-corrected chi connectivity index (χ2v) is 8.74. The van der Waals surface area contributed by atoms with Crippen LogP contribution in [0, 0.1) is 6.92 Å². The lowest BCUT2D eigenvalue weighted by molar-refractivity contribution is -0.111. The van der Waals surface area contributed by atoms with Crippen molar-refractivity contribution >= 4 is 51.6 Å². The van der Waals surface area contributed by atoms with Gasteiger partial charge in [0.05, 0.1) is 17.4 Å². The number of nitrogens with zero attached hydrogens (tertiary/aromatic N) is 3. The SMILES string of the molecule is C=CC(=O)Nc1ccc(Nc2ccc3[nH]ncc3c2)nc1N1CCC[C@@H]1OC(=O)Nc1ccc(C)cc1. The molecule has 0 aliphatic carbocycles. The maximum atomic E-state index is 12.6. The van der Waals surface area contributed by atoms with Crippen molar-refractivity contribution in [3.05, 3.63) is 79.0 Å². The van der Waals surface area contributed by atoms with Crippen LogP contribution < -0.4 is 20.9 Å². The van der Waals surface area contributed by atoms with Gasteiger partial charge in [0, 0.05) is 29.7 Å². The molecule has 0 spiro atoms. The molecule has 2 aromatic heterocycles. The summed E-state index contributed by atoms with van der Waals surface area (Å²) in [5.41, 5.74) is 4.01. The zero-order valence-electron chi connectivity index (χ0n) is 20.3. The second-order valence-electron chi connectivity index (χ2n) is 8.74. The molecule has 1 aliphatic rings. The molecule has 1 fully saturated rings. The first-order valence-electron chi connectivity index (χ1n) is 11.9. The molecule has 0 unspecified atom stereocenters. The first kappa shape index (κ1) is 23.9. The summed E-state index contributed by atoms with van der Waals surface area (Å²) in [7, 11) is 0. The van der Waals surface area contributed by atoms with E-state index in [0.717, 1.165) is 28.6 Å². The Hall–Kier alpha value is -4.86. The number of rotatable bonds is 7. The zero-order valence-corrected chi connectivity index (χ0v) is 20.3. The molecule has 0 saturated carbocycles. The Bertz CT molecular complexity index is 1450. The summed E-state index contributed by atoms with van der Waals surface area (Å²) in [5, 5.41) is 16.8. The number of hydrogen-bond acceptors (Lipinski definition) is 7. The molecule has 188 valence electrons. The molecule has 10 nitrogen and oxygen atoms in total. The molecule has 1 saturated heterocycles. The van der Waals surface area contributed by atoms with Crippen LogP contribution in [0.2, 0.25) is 0 Å². The van der Waals surface area contributed by atoms with Gasteiger partial charge in [0.25, 0.3) is 0 Å². The highest BCUT2D eigenvalue weighted by atomic mass is 16.6. The number of carbonyl (C=O) groups excluding carboxylic acids is 2. The number of anilines is 5. The lowest BCUT2D eigenvalue weighted by Gasteiger charge is -2.27. The minimum atomic E-state index is -0.555. The maximum Gasteiger partial charge on any atom is 0.413 e. The second kappa shape index (κ2) is 10.4. The third-order valence-electron chi connectivity index (χ3n) is 6.04. The van der Waals surface area contributed by atoms with Crippen LogP contribution in [0.15, 0.2) is 73.4 Å². The Morgan fingerprint density at radius 2 is 1.92 bits per heavy atom. The number of fused-ring (bicyclic) bond motifs is 1. The summed E-state index contributed by atoms with van der Waals surface area (Å²) >= 11 is 0. The van der Waals surface area contributed by atoms with Crippen LogP contribution in [-0.4, -0.2) is 40.0 Å². The average molecular weight is 498 g/mol. The van der Waals surface area contributed by atoms with E-state index in [4.69, 9.17) is 9.72 Å². The molecule has 2 aromatic carbocycles. The van der Waals surface area contributed by atoms with Crippen molar-refractivity contribution in [3.8, 4) is 0 Å². The molecule has 2 amide bonds. The molecule has 5 rings (SSSR count). The highest BCUT2D eigenvalue weighted by molar-refractivity contribution is 6.01. The fraction of sp³-hybridized carbons (Fsp3) is 0.185. The van der Waals surface area contributed by atoms with Crippen molar-refractivity contribution in [2.24, 2.45) is 0 Å². The fourth-order valence-corrected chi connectivity index (χ4v) is 4.20. The van der Waals surface area contributed by atoms with Gasteiger partial charge in [-0.3, -0.25) is 15.2 Å². The van der Waals surface area contributed by atoms with Gasteiger partial charge in [-0.2, -0.15) is 5.10 Å². The largest absolute Gasteiger partial charge is 0.425 e. The van der Waals surface area contributed by atoms with Crippen molar-refractivity contribution in [2.75, 3.05) is 27.4 Å². The standard InChI is InChI=1S/C27H27N7O3/c1-3-24(35)31-22-12-13-23(29-20-10-11-21-18(15-20)16-28-33-21)32-26(22)34-14-4-5-25(34)37-27(36)30-19-8-6-17(2)7-9-19/h3,6-13,15-16,25H,1,4-5,14H2,2H3,(H,28,33)(H,29,32)(H,30,36)(H,31,35)/t25-/m0/s1. The minimum Gasteiger partial charge on any atom is -0.425 e. The number of aromatic nitrogens is 3. The summed E-state index contributed by atoms with van der Waals surface area (Å²) in [4.78, 5) is 31.4. The molecular formula is C27H27N7O3. The number of H-pyrrole nitrogens is 1. The highest BCUT2D eigenvalue weighted by Gasteiger charge is 2.31. The van der Waals surface area contributed by atoms with E-state index in [-0.39, 0.29) is 5.91 Å². The van der Waals surface area contributed by atoms with Crippen molar-refractivity contribution in [1.82, 2.24) is 15.2 Å². The molecular weight excluding hydrogens is 470 g/mol. The van der Waals surface area contributed by atoms with Gasteiger partial charge in [-0.05, 0) is 61.9 Å². The fourth-order valence-electron chi connectivity index (χ4n) is 4.20. The van der Waals surface area contributed by atoms with E-state index in [9.17, 15) is 9.59 Å². The van der Waals surface area contributed by atoms with E-state index in [1.54, 1.807) is 18.3 Å². The molecule has 4 aromatic rings. The molecule has 37 heavy (non-hydrogen) atoms. The quantitative estimate of drug-likeness (QED) is 0.255. The van der Waals surface area contributed by atoms with E-state index < -0.39 is 12.3 Å². The number of pyridine rings is 1. The Kier molecular flexibility index (Phi) is 6.71. The molecule has 0 bridgehead atoms. The predicted molar refractivity (Wildman–Crippen MR) is 144 cm³/mol. The number of hydrogen-bond donors (Lipinski definition) is 4. The molecule has 1 aliphatic heterocycles. The van der Waals surface area contributed by atoms with E-state index >= 15 is 0 Å². The van der Waals surface area contributed by atoms with Crippen LogP contribution in [0.5, 0.6) is 0 Å². The number of aromatic amines is 1. The van der Waals surface area contributed by atoms with Crippen molar-refractivity contribution in [1.29, 1.82) is 0 Å². The van der Waals surface area contributed by atoms with E-state index in [2.05, 4.69) is 32.7 Å². The zero-order chi connectivity index (χ0) is 25.8. The number of ether oxygens (including phenoxy) is 1. The van der Waals surface area contributed by atoms with E-state index in [1.807, 2.05) is 54.3 Å². The normalized spacial score (nSPS) is 14.8. The summed E-state index contributed by atoms with van der Waals surface area (Å²) < 4.78 is 5.77. The molecule has 4 N–H and O–H groups in total. The van der Waals surface area contributed by atoms with Crippen LogP contribution in [0.1, 0.15) is 18.4 Å². The number of aryl methyl sites for hydroxylation is 1. The maximum absolute atomic E-state index is 12.6. The molecule has 0 radical (unpaired) electrons. The summed E-state index contributed by atoms with van der Waals surface area (Å²) in [6.07, 6.45) is 3.28. The van der Waals surface area contributed by atoms with Crippen LogP contribution >= 0.6 is 0 Å². The lowest BCUT2D eigenvalue weighted by Crippen LogP contribution is -2.36. The number of nitrogens with one attached hydrogen (secondary N) is 4. The molecule has 10 heteroatoms. The van der Waals surface area contributed by atoms with E-state index in [0.29, 0.717) is 36.0 Å². The van der Waals surface area contributed by atoms with Crippen molar-refractivity contribution in [2.45, 2.75) is 26.0 Å². The topological polar surface area (TPSA) is 124 Å². The van der Waals surface area contributed by atoms with Gasteiger partial charge in [-0.15, -0.1) is 0 Å². The van der Waals surface area contributed by atoms with Gasteiger partial charge in [0.1, 0.15) is 5.82 Å². The third-order valence-corrected chi connectivity index (χ3v) is 6.04. The smallest absolute Gasteiger partial charge is 0.413 e. The Morgan fingerprint density at radius 1 is 1.11 bits per heavy atom. The number of carbonyl (C=O) groups is 2. The molecule has 1 atom stereocenters. The van der Waals surface area contributed by atoms with Crippen LogP contribution in [-0.2, 0) is 9.53 Å². The molecule has 3 heterocycles. The van der Waals surface area contributed by atoms with Gasteiger partial charge >= 0.3 is 6.09 Å². The Labute approximate surface area is 213 Å². The van der Waals surface area contributed by atoms with Crippen molar-refractivity contribution in [3.63, 3.8) is 0 Å². The first-order valence-corrected chi connectivity index (χ1v) is 11.9. The summed E-state index contributed by atoms with van der Waals surface area (Å²) in [5.74, 6) is 0.711. The summed E-state index contributed by atoms with van der Waals surface area (Å²) in [6.45, 7) is 6.12. The summed E-state index contributed by atoms with van der Waals surface area (Å²) in [6, 6.07) is 16.8. The average Bonchev–Trinajstić information content (AvgIpc) is 3.55. The highest BCUT2D eigenvalue weighted by Crippen LogP contribution is 2.33. The van der Waals surface area contributed by atoms with Gasteiger partial charge in [0.2, 0.25) is 5.91 Å². The van der Waals surface area contributed by atoms with E-state index in [1.165, 1.54) is 6.08 Å². The lowest BCUT2D eigenvalue weighted by atomic mass is 10.2. The van der Waals surface area contributed by atoms with Crippen LogP contribution in [0.4, 0.5) is 33.5 Å². The van der Waals surface area contributed by atoms with Gasteiger partial charge in [-0.25, -0.2) is 9.78 Å². The number of benzene rings is 2. The Morgan fingerprint density at radius 3 is 2.73 bits per heavy atom. The van der Waals surface area contributed by atoms with Crippen molar-refractivity contribution < 1.29 is 14.3 Å². The monoisotopic (exact) mass is 497 g/mol.